The Balaban J connectivity index is 2.63. The van der Waals surface area contributed by atoms with E-state index in [9.17, 15) is 10.1 Å². The van der Waals surface area contributed by atoms with E-state index < -0.39 is 4.92 Å². The van der Waals surface area contributed by atoms with Crippen LogP contribution in [0, 0.1) is 10.1 Å². The number of hydrogen-bond donors (Lipinski definition) is 0. The predicted octanol–water partition coefficient (Wildman–Crippen LogP) is 1.54. The number of nitro groups is 1. The first-order valence-electron chi connectivity index (χ1n) is 3.47. The molecule has 0 fully saturated rings. The highest BCUT2D eigenvalue weighted by atomic mass is 32.1. The second kappa shape index (κ2) is 4.68. The maximum Gasteiger partial charge on any atom is 0.236 e. The van der Waals surface area contributed by atoms with E-state index in [1.165, 1.54) is 17.4 Å². The zero-order valence-electron chi connectivity index (χ0n) is 6.97. The minimum atomic E-state index is -0.519. The van der Waals surface area contributed by atoms with E-state index in [1.54, 1.807) is 12.5 Å². The molecule has 0 spiro atoms. The Morgan fingerprint density at radius 1 is 1.85 bits per heavy atom. The van der Waals surface area contributed by atoms with Crippen LogP contribution in [0.5, 0.6) is 0 Å². The highest BCUT2D eigenvalue weighted by Crippen LogP contribution is 2.11. The molecule has 1 rings (SSSR count). The molecular weight excluding hydrogens is 192 g/mol. The Morgan fingerprint density at radius 3 is 3.23 bits per heavy atom. The van der Waals surface area contributed by atoms with Crippen molar-refractivity contribution >= 4 is 17.4 Å². The molecule has 0 aliphatic rings. The fraction of sp³-hybridized carbons (Fsp3) is 0.286. The van der Waals surface area contributed by atoms with E-state index in [4.69, 9.17) is 4.74 Å². The molecule has 0 atom stereocenters. The van der Waals surface area contributed by atoms with Crippen molar-refractivity contribution in [3.63, 3.8) is 0 Å². The van der Waals surface area contributed by atoms with Gasteiger partial charge in [-0.05, 0) is 0 Å². The van der Waals surface area contributed by atoms with Gasteiger partial charge in [-0.1, -0.05) is 0 Å². The smallest absolute Gasteiger partial charge is 0.236 e. The van der Waals surface area contributed by atoms with Crippen LogP contribution in [-0.4, -0.2) is 17.0 Å². The molecule has 0 bridgehead atoms. The van der Waals surface area contributed by atoms with Crippen molar-refractivity contribution in [1.82, 2.24) is 4.98 Å². The van der Waals surface area contributed by atoms with Crippen LogP contribution < -0.4 is 0 Å². The van der Waals surface area contributed by atoms with Gasteiger partial charge in [-0.2, -0.15) is 0 Å². The number of ether oxygens (including phenoxy) is 1. The van der Waals surface area contributed by atoms with Gasteiger partial charge < -0.3 is 4.74 Å². The number of methoxy groups -OCH3 is 1. The largest absolute Gasteiger partial charge is 0.378 e. The lowest BCUT2D eigenvalue weighted by Gasteiger charge is -1.88. The third-order valence-electron chi connectivity index (χ3n) is 1.20. The Morgan fingerprint density at radius 2 is 2.62 bits per heavy atom. The number of rotatable bonds is 4. The maximum absolute atomic E-state index is 9.97. The van der Waals surface area contributed by atoms with Gasteiger partial charge in [0.15, 0.2) is 0 Å². The summed E-state index contributed by atoms with van der Waals surface area (Å²) >= 11 is 1.42. The van der Waals surface area contributed by atoms with Gasteiger partial charge >= 0.3 is 0 Å². The summed E-state index contributed by atoms with van der Waals surface area (Å²) in [6.45, 7) is 0.441. The highest BCUT2D eigenvalue weighted by molar-refractivity contribution is 7.09. The minimum absolute atomic E-state index is 0.441. The topological polar surface area (TPSA) is 65.3 Å². The first kappa shape index (κ1) is 9.82. The highest BCUT2D eigenvalue weighted by Gasteiger charge is 1.99. The second-order valence-electron chi connectivity index (χ2n) is 2.20. The molecule has 0 saturated heterocycles. The molecule has 1 heterocycles. The molecule has 0 aromatic carbocycles. The van der Waals surface area contributed by atoms with E-state index in [0.717, 1.165) is 11.2 Å². The lowest BCUT2D eigenvalue weighted by Crippen LogP contribution is -1.86. The molecule has 1 aromatic rings. The molecule has 13 heavy (non-hydrogen) atoms. The summed E-state index contributed by atoms with van der Waals surface area (Å²) in [7, 11) is 1.58. The van der Waals surface area contributed by atoms with Gasteiger partial charge in [0.1, 0.15) is 5.01 Å². The van der Waals surface area contributed by atoms with Gasteiger partial charge in [-0.3, -0.25) is 10.1 Å². The van der Waals surface area contributed by atoms with Crippen molar-refractivity contribution in [2.24, 2.45) is 0 Å². The molecule has 0 aliphatic carbocycles. The van der Waals surface area contributed by atoms with Crippen LogP contribution in [0.3, 0.4) is 0 Å². The van der Waals surface area contributed by atoms with Crippen LogP contribution in [0.1, 0.15) is 10.7 Å². The van der Waals surface area contributed by atoms with Crippen LogP contribution in [0.15, 0.2) is 11.6 Å². The molecule has 0 unspecified atom stereocenters. The lowest BCUT2D eigenvalue weighted by atomic mass is 10.5. The molecule has 0 aliphatic heterocycles. The Kier molecular flexibility index (Phi) is 3.53. The average molecular weight is 200 g/mol. The Bertz CT molecular complexity index is 321. The molecule has 0 amide bonds. The van der Waals surface area contributed by atoms with E-state index in [-0.39, 0.29) is 0 Å². The number of hydrogen-bond acceptors (Lipinski definition) is 5. The van der Waals surface area contributed by atoms with E-state index in [0.29, 0.717) is 12.3 Å². The van der Waals surface area contributed by atoms with Gasteiger partial charge in [0.25, 0.3) is 0 Å². The van der Waals surface area contributed by atoms with Crippen molar-refractivity contribution in [3.8, 4) is 0 Å². The van der Waals surface area contributed by atoms with Gasteiger partial charge in [-0.25, -0.2) is 4.98 Å². The Labute approximate surface area is 78.8 Å². The van der Waals surface area contributed by atoms with Crippen LogP contribution in [-0.2, 0) is 11.3 Å². The summed E-state index contributed by atoms with van der Waals surface area (Å²) in [4.78, 5) is 13.5. The standard InChI is InChI=1S/C7H8N2O3S/c1-12-4-7-8-6(5-13-7)2-3-9(10)11/h2-3,5H,4H2,1H3/b3-2+. The molecular formula is C7H8N2O3S. The summed E-state index contributed by atoms with van der Waals surface area (Å²) in [5.74, 6) is 0. The molecule has 0 radical (unpaired) electrons. The molecule has 6 heteroatoms. The summed E-state index contributed by atoms with van der Waals surface area (Å²) < 4.78 is 4.86. The van der Waals surface area contributed by atoms with Crippen LogP contribution in [0.2, 0.25) is 0 Å². The molecule has 1 aromatic heterocycles. The van der Waals surface area contributed by atoms with E-state index in [2.05, 4.69) is 4.98 Å². The molecule has 5 nitrogen and oxygen atoms in total. The summed E-state index contributed by atoms with van der Waals surface area (Å²) in [5.41, 5.74) is 0.591. The minimum Gasteiger partial charge on any atom is -0.378 e. The van der Waals surface area contributed by atoms with E-state index >= 15 is 0 Å². The summed E-state index contributed by atoms with van der Waals surface area (Å²) in [6, 6.07) is 0. The van der Waals surface area contributed by atoms with Crippen LogP contribution >= 0.6 is 11.3 Å². The SMILES string of the molecule is COCc1nc(/C=C/[N+](=O)[O-])cs1. The zero-order chi connectivity index (χ0) is 9.68. The van der Waals surface area contributed by atoms with Gasteiger partial charge in [-0.15, -0.1) is 11.3 Å². The Hall–Kier alpha value is -1.27. The third kappa shape index (κ3) is 3.30. The van der Waals surface area contributed by atoms with Crippen molar-refractivity contribution in [2.75, 3.05) is 7.11 Å². The summed E-state index contributed by atoms with van der Waals surface area (Å²) in [5, 5.41) is 12.5. The fourth-order valence-corrected chi connectivity index (χ4v) is 1.46. The third-order valence-corrected chi connectivity index (χ3v) is 2.04. The van der Waals surface area contributed by atoms with Crippen molar-refractivity contribution < 1.29 is 9.66 Å². The van der Waals surface area contributed by atoms with Crippen LogP contribution in [0.4, 0.5) is 0 Å². The normalized spacial score (nSPS) is 10.8. The molecule has 0 saturated carbocycles. The summed E-state index contributed by atoms with van der Waals surface area (Å²) in [6.07, 6.45) is 2.22. The molecule has 70 valence electrons. The van der Waals surface area contributed by atoms with Crippen LogP contribution in [0.25, 0.3) is 6.08 Å². The van der Waals surface area contributed by atoms with Gasteiger partial charge in [0.2, 0.25) is 6.20 Å². The van der Waals surface area contributed by atoms with Crippen molar-refractivity contribution in [3.05, 3.63) is 32.4 Å². The first-order chi connectivity index (χ1) is 6.22. The van der Waals surface area contributed by atoms with Gasteiger partial charge in [0.05, 0.1) is 17.2 Å². The van der Waals surface area contributed by atoms with Crippen molar-refractivity contribution in [2.45, 2.75) is 6.61 Å². The second-order valence-corrected chi connectivity index (χ2v) is 3.14. The maximum atomic E-state index is 9.97. The fourth-order valence-electron chi connectivity index (χ4n) is 0.729. The molecule has 0 N–H and O–H groups in total. The first-order valence-corrected chi connectivity index (χ1v) is 4.35. The quantitative estimate of drug-likeness (QED) is 0.546. The van der Waals surface area contributed by atoms with Crippen molar-refractivity contribution in [1.29, 1.82) is 0 Å². The van der Waals surface area contributed by atoms with E-state index in [1.807, 2.05) is 0 Å². The predicted molar refractivity (Wildman–Crippen MR) is 48.9 cm³/mol. The number of thiazole rings is 1. The number of nitrogens with zero attached hydrogens (tertiary/aromatic N) is 2. The monoisotopic (exact) mass is 200 g/mol. The number of aromatic nitrogens is 1. The average Bonchev–Trinajstić information content (AvgIpc) is 2.50. The lowest BCUT2D eigenvalue weighted by molar-refractivity contribution is -0.401. The zero-order valence-corrected chi connectivity index (χ0v) is 7.78. The van der Waals surface area contributed by atoms with Gasteiger partial charge in [0, 0.05) is 18.6 Å².